The van der Waals surface area contributed by atoms with Crippen molar-refractivity contribution in [2.75, 3.05) is 12.3 Å². The standard InChI is InChI=1S/C22H30N6O5/c1-4-24-19(31)16-14(29)15(30)20(33-16)28-11-25-13-17(23)26-12(27-18(13)28)6-9-22(32)8-5-7-21(2,3)10-22/h11,14-16,20,29-30,32H,4-5,7-8,10H2,1-3H3,(H,24,31)(H2,23,26,27)/t14-,15?,16+,20-,22?/m1/s1. The summed E-state index contributed by atoms with van der Waals surface area (Å²) < 4.78 is 7.05. The fraction of sp³-hybridized carbons (Fsp3) is 0.636. The van der Waals surface area contributed by atoms with Gasteiger partial charge in [0.25, 0.3) is 5.91 Å². The van der Waals surface area contributed by atoms with Gasteiger partial charge in [-0.2, -0.15) is 0 Å². The topological polar surface area (TPSA) is 169 Å². The van der Waals surface area contributed by atoms with Gasteiger partial charge in [-0.25, -0.2) is 15.0 Å². The van der Waals surface area contributed by atoms with Crippen molar-refractivity contribution >= 4 is 22.9 Å². The number of hydrogen-bond donors (Lipinski definition) is 5. The molecule has 1 saturated heterocycles. The Morgan fingerprint density at radius 2 is 2.09 bits per heavy atom. The molecular formula is C22H30N6O5. The molecule has 5 atom stereocenters. The lowest BCUT2D eigenvalue weighted by Gasteiger charge is -2.38. The Morgan fingerprint density at radius 1 is 1.33 bits per heavy atom. The van der Waals surface area contributed by atoms with E-state index in [2.05, 4.69) is 46.0 Å². The molecule has 1 aliphatic heterocycles. The second-order valence-corrected chi connectivity index (χ2v) is 9.56. The molecule has 6 N–H and O–H groups in total. The number of aromatic nitrogens is 4. The number of carbonyl (C=O) groups is 1. The van der Waals surface area contributed by atoms with Gasteiger partial charge in [-0.15, -0.1) is 0 Å². The molecule has 2 unspecified atom stereocenters. The molecule has 11 heteroatoms. The first-order valence-corrected chi connectivity index (χ1v) is 11.1. The van der Waals surface area contributed by atoms with E-state index >= 15 is 0 Å². The van der Waals surface area contributed by atoms with Crippen LogP contribution in [0.15, 0.2) is 6.33 Å². The molecular weight excluding hydrogens is 428 g/mol. The van der Waals surface area contributed by atoms with E-state index in [0.29, 0.717) is 19.4 Å². The monoisotopic (exact) mass is 458 g/mol. The van der Waals surface area contributed by atoms with E-state index < -0.39 is 36.0 Å². The molecule has 3 heterocycles. The first-order chi connectivity index (χ1) is 15.5. The average molecular weight is 459 g/mol. The van der Waals surface area contributed by atoms with Gasteiger partial charge in [-0.3, -0.25) is 9.36 Å². The number of nitrogens with zero attached hydrogens (tertiary/aromatic N) is 4. The van der Waals surface area contributed by atoms with E-state index in [9.17, 15) is 20.1 Å². The first kappa shape index (κ1) is 23.4. The molecule has 1 amide bonds. The van der Waals surface area contributed by atoms with Crippen LogP contribution in [0.4, 0.5) is 5.82 Å². The summed E-state index contributed by atoms with van der Waals surface area (Å²) in [5.74, 6) is 5.39. The normalized spacial score (nSPS) is 31.2. The van der Waals surface area contributed by atoms with Gasteiger partial charge in [-0.1, -0.05) is 19.8 Å². The fourth-order valence-electron chi connectivity index (χ4n) is 4.67. The van der Waals surface area contributed by atoms with E-state index in [0.717, 1.165) is 12.8 Å². The molecule has 1 saturated carbocycles. The Morgan fingerprint density at radius 3 is 2.79 bits per heavy atom. The predicted molar refractivity (Wildman–Crippen MR) is 118 cm³/mol. The Balaban J connectivity index is 1.66. The molecule has 11 nitrogen and oxygen atoms in total. The highest BCUT2D eigenvalue weighted by molar-refractivity contribution is 5.83. The molecule has 178 valence electrons. The minimum Gasteiger partial charge on any atom is -0.387 e. The third-order valence-electron chi connectivity index (χ3n) is 6.19. The van der Waals surface area contributed by atoms with Crippen LogP contribution >= 0.6 is 0 Å². The summed E-state index contributed by atoms with van der Waals surface area (Å²) in [7, 11) is 0. The number of aliphatic hydroxyl groups is 3. The van der Waals surface area contributed by atoms with Crippen LogP contribution in [0.3, 0.4) is 0 Å². The predicted octanol–water partition coefficient (Wildman–Crippen LogP) is -0.153. The lowest BCUT2D eigenvalue weighted by atomic mass is 9.70. The van der Waals surface area contributed by atoms with Crippen molar-refractivity contribution in [3.63, 3.8) is 0 Å². The van der Waals surface area contributed by atoms with Gasteiger partial charge >= 0.3 is 0 Å². The zero-order chi connectivity index (χ0) is 24.0. The van der Waals surface area contributed by atoms with Crippen molar-refractivity contribution in [1.82, 2.24) is 24.8 Å². The van der Waals surface area contributed by atoms with Crippen molar-refractivity contribution in [2.24, 2.45) is 5.41 Å². The second-order valence-electron chi connectivity index (χ2n) is 9.56. The number of fused-ring (bicyclic) bond motifs is 1. The van der Waals surface area contributed by atoms with Crippen molar-refractivity contribution < 1.29 is 24.9 Å². The summed E-state index contributed by atoms with van der Waals surface area (Å²) in [4.78, 5) is 25.0. The maximum Gasteiger partial charge on any atom is 0.252 e. The van der Waals surface area contributed by atoms with E-state index in [4.69, 9.17) is 10.5 Å². The number of nitrogens with one attached hydrogen (secondary N) is 1. The van der Waals surface area contributed by atoms with Crippen LogP contribution in [0.5, 0.6) is 0 Å². The molecule has 33 heavy (non-hydrogen) atoms. The quantitative estimate of drug-likeness (QED) is 0.393. The minimum absolute atomic E-state index is 0.0124. The fourth-order valence-corrected chi connectivity index (χ4v) is 4.67. The Kier molecular flexibility index (Phi) is 6.05. The number of amides is 1. The maximum atomic E-state index is 12.2. The van der Waals surface area contributed by atoms with E-state index in [1.165, 1.54) is 10.9 Å². The van der Waals surface area contributed by atoms with Gasteiger partial charge in [0.15, 0.2) is 23.8 Å². The van der Waals surface area contributed by atoms with Crippen LogP contribution in [-0.4, -0.2) is 71.2 Å². The number of hydrogen-bond acceptors (Lipinski definition) is 9. The molecule has 2 aromatic rings. The number of nitrogens with two attached hydrogens (primary N) is 1. The summed E-state index contributed by atoms with van der Waals surface area (Å²) >= 11 is 0. The Hall–Kier alpha value is -2.78. The number of ether oxygens (including phenoxy) is 1. The van der Waals surface area contributed by atoms with Crippen molar-refractivity contribution in [1.29, 1.82) is 0 Å². The Labute approximate surface area is 191 Å². The van der Waals surface area contributed by atoms with Crippen LogP contribution in [0.25, 0.3) is 11.2 Å². The lowest BCUT2D eigenvalue weighted by molar-refractivity contribution is -0.137. The molecule has 0 spiro atoms. The van der Waals surface area contributed by atoms with Crippen LogP contribution in [-0.2, 0) is 9.53 Å². The smallest absolute Gasteiger partial charge is 0.252 e. The van der Waals surface area contributed by atoms with Crippen molar-refractivity contribution in [3.8, 4) is 11.8 Å². The molecule has 4 rings (SSSR count). The summed E-state index contributed by atoms with van der Waals surface area (Å²) in [6.07, 6.45) is -0.820. The van der Waals surface area contributed by atoms with Crippen LogP contribution in [0.1, 0.15) is 58.5 Å². The number of imidazole rings is 1. The van der Waals surface area contributed by atoms with Gasteiger partial charge in [0, 0.05) is 6.54 Å². The summed E-state index contributed by atoms with van der Waals surface area (Å²) in [5.41, 5.74) is 5.41. The molecule has 0 bridgehead atoms. The average Bonchev–Trinajstić information content (AvgIpc) is 3.27. The number of rotatable bonds is 3. The third-order valence-corrected chi connectivity index (χ3v) is 6.19. The van der Waals surface area contributed by atoms with Gasteiger partial charge in [0.1, 0.15) is 23.3 Å². The lowest BCUT2D eigenvalue weighted by Crippen LogP contribution is -2.42. The summed E-state index contributed by atoms with van der Waals surface area (Å²) in [5, 5.41) is 34.4. The zero-order valence-electron chi connectivity index (χ0n) is 18.9. The molecule has 2 fully saturated rings. The molecule has 1 aliphatic carbocycles. The molecule has 2 aromatic heterocycles. The number of nitrogen functional groups attached to an aromatic ring is 1. The highest BCUT2D eigenvalue weighted by Crippen LogP contribution is 2.40. The van der Waals surface area contributed by atoms with Crippen LogP contribution < -0.4 is 11.1 Å². The zero-order valence-corrected chi connectivity index (χ0v) is 18.9. The molecule has 2 aliphatic rings. The van der Waals surface area contributed by atoms with Gasteiger partial charge in [-0.05, 0) is 43.9 Å². The van der Waals surface area contributed by atoms with Crippen LogP contribution in [0.2, 0.25) is 0 Å². The number of anilines is 1. The van der Waals surface area contributed by atoms with Crippen LogP contribution in [0, 0.1) is 17.3 Å². The third kappa shape index (κ3) is 4.52. The number of carbonyl (C=O) groups excluding carboxylic acids is 1. The Bertz CT molecular complexity index is 1120. The van der Waals surface area contributed by atoms with Crippen molar-refractivity contribution in [2.45, 2.75) is 76.6 Å². The number of aliphatic hydroxyl groups excluding tert-OH is 2. The highest BCUT2D eigenvalue weighted by Gasteiger charge is 2.47. The minimum atomic E-state index is -1.43. The van der Waals surface area contributed by atoms with Crippen molar-refractivity contribution in [3.05, 3.63) is 12.2 Å². The largest absolute Gasteiger partial charge is 0.387 e. The second kappa shape index (κ2) is 8.53. The first-order valence-electron chi connectivity index (χ1n) is 11.1. The van der Waals surface area contributed by atoms with Gasteiger partial charge in [0.05, 0.1) is 6.33 Å². The maximum absolute atomic E-state index is 12.2. The van der Waals surface area contributed by atoms with Gasteiger partial charge < -0.3 is 31.1 Å². The van der Waals surface area contributed by atoms with E-state index in [1.807, 2.05) is 0 Å². The molecule has 0 radical (unpaired) electrons. The SMILES string of the molecule is CCNC(=O)[C@H]1O[C@@H](n2cnc3c(N)nc(C#CC4(O)CCCC(C)(C)C4)nc32)C(O)[C@H]1O. The van der Waals surface area contributed by atoms with E-state index in [1.54, 1.807) is 6.92 Å². The molecule has 0 aromatic carbocycles. The van der Waals surface area contributed by atoms with E-state index in [-0.39, 0.29) is 28.2 Å². The highest BCUT2D eigenvalue weighted by atomic mass is 16.6. The summed E-state index contributed by atoms with van der Waals surface area (Å²) in [6, 6.07) is 0. The van der Waals surface area contributed by atoms with Gasteiger partial charge in [0.2, 0.25) is 5.82 Å². The summed E-state index contributed by atoms with van der Waals surface area (Å²) in [6.45, 7) is 6.31. The number of likely N-dealkylation sites (N-methyl/N-ethyl adjacent to an activating group) is 1.